The van der Waals surface area contributed by atoms with E-state index in [1.807, 2.05) is 13.1 Å². The molecule has 0 radical (unpaired) electrons. The molecule has 20 heavy (non-hydrogen) atoms. The fourth-order valence-electron chi connectivity index (χ4n) is 2.06. The Bertz CT molecular complexity index is 415. The van der Waals surface area contributed by atoms with Gasteiger partial charge in [-0.15, -0.1) is 24.0 Å². The molecule has 1 fully saturated rings. The fraction of sp³-hybridized carbons (Fsp3) is 0.692. The zero-order valence-electron chi connectivity index (χ0n) is 12.1. The lowest BCUT2D eigenvalue weighted by Crippen LogP contribution is -2.40. The van der Waals surface area contributed by atoms with Gasteiger partial charge in [0.2, 0.25) is 0 Å². The molecule has 114 valence electrons. The number of aromatic nitrogens is 2. The van der Waals surface area contributed by atoms with Crippen molar-refractivity contribution in [2.75, 3.05) is 18.8 Å². The van der Waals surface area contributed by atoms with Gasteiger partial charge in [0, 0.05) is 29.6 Å². The van der Waals surface area contributed by atoms with Crippen molar-refractivity contribution >= 4 is 41.7 Å². The summed E-state index contributed by atoms with van der Waals surface area (Å²) < 4.78 is 0. The molecule has 0 amide bonds. The summed E-state index contributed by atoms with van der Waals surface area (Å²) in [5, 5.41) is 14.4. The van der Waals surface area contributed by atoms with E-state index in [0.717, 1.165) is 35.6 Å². The molecule has 5 nitrogen and oxygen atoms in total. The largest absolute Gasteiger partial charge is 0.357 e. The summed E-state index contributed by atoms with van der Waals surface area (Å²) in [6.07, 6.45) is 4.51. The Balaban J connectivity index is 0.00000200. The summed E-state index contributed by atoms with van der Waals surface area (Å²) in [6.45, 7) is 6.66. The lowest BCUT2D eigenvalue weighted by molar-refractivity contribution is 0.727. The molecule has 0 aliphatic carbocycles. The summed E-state index contributed by atoms with van der Waals surface area (Å²) in [7, 11) is 0. The Morgan fingerprint density at radius 3 is 3.00 bits per heavy atom. The number of H-pyrrole nitrogens is 1. The van der Waals surface area contributed by atoms with Gasteiger partial charge in [-0.1, -0.05) is 0 Å². The number of aliphatic imine (C=N–C) groups is 1. The van der Waals surface area contributed by atoms with E-state index >= 15 is 0 Å². The molecule has 1 saturated heterocycles. The van der Waals surface area contributed by atoms with Crippen molar-refractivity contribution in [3.63, 3.8) is 0 Å². The Labute approximate surface area is 142 Å². The summed E-state index contributed by atoms with van der Waals surface area (Å²) in [5.74, 6) is 2.20. The summed E-state index contributed by atoms with van der Waals surface area (Å²) in [4.78, 5) is 4.60. The van der Waals surface area contributed by atoms with Crippen molar-refractivity contribution in [2.24, 2.45) is 4.99 Å². The number of guanidine groups is 1. The van der Waals surface area contributed by atoms with Crippen molar-refractivity contribution in [3.05, 3.63) is 17.5 Å². The number of hydrogen-bond acceptors (Lipinski definition) is 3. The Kier molecular flexibility index (Phi) is 8.35. The van der Waals surface area contributed by atoms with Gasteiger partial charge in [0.05, 0.1) is 12.7 Å². The van der Waals surface area contributed by atoms with Gasteiger partial charge in [0.15, 0.2) is 5.96 Å². The number of nitrogens with zero attached hydrogens (tertiary/aromatic N) is 2. The van der Waals surface area contributed by atoms with Gasteiger partial charge in [-0.25, -0.2) is 4.99 Å². The molecule has 0 spiro atoms. The van der Waals surface area contributed by atoms with E-state index in [-0.39, 0.29) is 24.0 Å². The highest BCUT2D eigenvalue weighted by Crippen LogP contribution is 2.25. The van der Waals surface area contributed by atoms with Gasteiger partial charge in [-0.05, 0) is 32.4 Å². The van der Waals surface area contributed by atoms with Crippen LogP contribution >= 0.6 is 35.7 Å². The van der Waals surface area contributed by atoms with Gasteiger partial charge in [-0.3, -0.25) is 5.10 Å². The van der Waals surface area contributed by atoms with Crippen LogP contribution < -0.4 is 10.6 Å². The van der Waals surface area contributed by atoms with Gasteiger partial charge in [-0.2, -0.15) is 16.9 Å². The molecule has 0 aromatic carbocycles. The molecule has 0 bridgehead atoms. The first-order chi connectivity index (χ1) is 9.29. The highest BCUT2D eigenvalue weighted by atomic mass is 127. The summed E-state index contributed by atoms with van der Waals surface area (Å²) in [6, 6.07) is 0. The molecule has 3 N–H and O–H groups in total. The monoisotopic (exact) mass is 409 g/mol. The average Bonchev–Trinajstić information content (AvgIpc) is 3.04. The zero-order chi connectivity index (χ0) is 13.5. The van der Waals surface area contributed by atoms with Crippen LogP contribution in [0.5, 0.6) is 0 Å². The van der Waals surface area contributed by atoms with Crippen LogP contribution in [-0.4, -0.2) is 40.2 Å². The summed E-state index contributed by atoms with van der Waals surface area (Å²) in [5.41, 5.74) is 2.23. The van der Waals surface area contributed by atoms with Crippen LogP contribution in [0.4, 0.5) is 0 Å². The van der Waals surface area contributed by atoms with Crippen molar-refractivity contribution in [3.8, 4) is 0 Å². The minimum atomic E-state index is 0. The Morgan fingerprint density at radius 2 is 2.40 bits per heavy atom. The number of aryl methyl sites for hydroxylation is 1. The number of thioether (sulfide) groups is 1. The van der Waals surface area contributed by atoms with Gasteiger partial charge < -0.3 is 10.6 Å². The van der Waals surface area contributed by atoms with Gasteiger partial charge in [0.1, 0.15) is 0 Å². The van der Waals surface area contributed by atoms with Crippen LogP contribution in [0.3, 0.4) is 0 Å². The molecule has 1 aromatic rings. The third kappa shape index (κ3) is 5.51. The smallest absolute Gasteiger partial charge is 0.191 e. The molecule has 2 heterocycles. The maximum atomic E-state index is 4.60. The molecular formula is C13H24IN5S. The standard InChI is InChI=1S/C13H23N5S.HI/c1-3-14-13(16-9-12-5-4-6-19-12)15-7-11-8-17-18-10(11)2;/h8,12H,3-7,9H2,1-2H3,(H,17,18)(H2,14,15,16);1H. The van der Waals surface area contributed by atoms with Gasteiger partial charge >= 0.3 is 0 Å². The Hall–Kier alpha value is -0.440. The lowest BCUT2D eigenvalue weighted by atomic mass is 10.2. The topological polar surface area (TPSA) is 65.1 Å². The van der Waals surface area contributed by atoms with E-state index in [4.69, 9.17) is 0 Å². The second kappa shape index (κ2) is 9.49. The third-order valence-electron chi connectivity index (χ3n) is 3.21. The predicted molar refractivity (Wildman–Crippen MR) is 97.0 cm³/mol. The highest BCUT2D eigenvalue weighted by molar-refractivity contribution is 14.0. The van der Waals surface area contributed by atoms with Crippen LogP contribution in [0.25, 0.3) is 0 Å². The predicted octanol–water partition coefficient (Wildman–Crippen LogP) is 2.29. The SMILES string of the molecule is CCNC(=NCc1cn[nH]c1C)NCC1CCCS1.I. The molecule has 1 aliphatic heterocycles. The van der Waals surface area contributed by atoms with Crippen molar-refractivity contribution in [2.45, 2.75) is 38.5 Å². The van der Waals surface area contributed by atoms with E-state index < -0.39 is 0 Å². The molecule has 1 aliphatic rings. The fourth-order valence-corrected chi connectivity index (χ4v) is 3.26. The van der Waals surface area contributed by atoms with E-state index in [2.05, 4.69) is 44.5 Å². The molecule has 0 saturated carbocycles. The average molecular weight is 409 g/mol. The van der Waals surface area contributed by atoms with Crippen LogP contribution in [-0.2, 0) is 6.54 Å². The molecule has 1 unspecified atom stereocenters. The zero-order valence-corrected chi connectivity index (χ0v) is 15.3. The minimum Gasteiger partial charge on any atom is -0.357 e. The van der Waals surface area contributed by atoms with Gasteiger partial charge in [0.25, 0.3) is 0 Å². The van der Waals surface area contributed by atoms with E-state index in [9.17, 15) is 0 Å². The first-order valence-electron chi connectivity index (χ1n) is 6.92. The maximum absolute atomic E-state index is 4.60. The van der Waals surface area contributed by atoms with Crippen LogP contribution in [0, 0.1) is 6.92 Å². The van der Waals surface area contributed by atoms with Crippen LogP contribution in [0.2, 0.25) is 0 Å². The summed E-state index contributed by atoms with van der Waals surface area (Å²) >= 11 is 2.06. The normalized spacial score (nSPS) is 18.7. The third-order valence-corrected chi connectivity index (χ3v) is 4.61. The second-order valence-electron chi connectivity index (χ2n) is 4.73. The lowest BCUT2D eigenvalue weighted by Gasteiger charge is -2.14. The van der Waals surface area contributed by atoms with Crippen LogP contribution in [0.1, 0.15) is 31.0 Å². The first kappa shape index (κ1) is 17.6. The van der Waals surface area contributed by atoms with Crippen LogP contribution in [0.15, 0.2) is 11.2 Å². The number of rotatable bonds is 5. The number of hydrogen-bond donors (Lipinski definition) is 3. The number of aromatic amines is 1. The molecule has 2 rings (SSSR count). The second-order valence-corrected chi connectivity index (χ2v) is 6.14. The molecule has 1 atom stereocenters. The quantitative estimate of drug-likeness (QED) is 0.397. The van der Waals surface area contributed by atoms with E-state index in [1.165, 1.54) is 18.6 Å². The first-order valence-corrected chi connectivity index (χ1v) is 7.97. The molecule has 1 aromatic heterocycles. The molecular weight excluding hydrogens is 385 g/mol. The van der Waals surface area contributed by atoms with E-state index in [1.54, 1.807) is 0 Å². The minimum absolute atomic E-state index is 0. The number of halogens is 1. The number of nitrogens with one attached hydrogen (secondary N) is 3. The van der Waals surface area contributed by atoms with Crippen molar-refractivity contribution < 1.29 is 0 Å². The highest BCUT2D eigenvalue weighted by Gasteiger charge is 2.15. The van der Waals surface area contributed by atoms with E-state index in [0.29, 0.717) is 6.54 Å². The van der Waals surface area contributed by atoms with Crippen molar-refractivity contribution in [1.82, 2.24) is 20.8 Å². The van der Waals surface area contributed by atoms with Crippen molar-refractivity contribution in [1.29, 1.82) is 0 Å². The Morgan fingerprint density at radius 1 is 1.55 bits per heavy atom. The maximum Gasteiger partial charge on any atom is 0.191 e. The molecule has 7 heteroatoms.